The highest BCUT2D eigenvalue weighted by Gasteiger charge is 2.42. The summed E-state index contributed by atoms with van der Waals surface area (Å²) in [5, 5.41) is 0. The zero-order valence-electron chi connectivity index (χ0n) is 10.5. The third kappa shape index (κ3) is 2.52. The second kappa shape index (κ2) is 5.19. The largest absolute Gasteiger partial charge is 0.346 e. The molecule has 19 heavy (non-hydrogen) atoms. The first-order valence-electron chi connectivity index (χ1n) is 6.38. The van der Waals surface area contributed by atoms with Gasteiger partial charge in [-0.3, -0.25) is 4.79 Å². The Morgan fingerprint density at radius 2 is 2.21 bits per heavy atom. The third-order valence-corrected chi connectivity index (χ3v) is 4.12. The van der Waals surface area contributed by atoms with Crippen molar-refractivity contribution in [2.75, 3.05) is 26.3 Å². The van der Waals surface area contributed by atoms with Gasteiger partial charge in [0, 0.05) is 23.6 Å². The van der Waals surface area contributed by atoms with Gasteiger partial charge in [-0.1, -0.05) is 0 Å². The quantitative estimate of drug-likeness (QED) is 0.790. The molecule has 1 amide bonds. The van der Waals surface area contributed by atoms with Crippen LogP contribution in [0.15, 0.2) is 22.8 Å². The second-order valence-electron chi connectivity index (χ2n) is 4.77. The summed E-state index contributed by atoms with van der Waals surface area (Å²) in [6, 6.07) is 3.62. The predicted octanol–water partition coefficient (Wildman–Crippen LogP) is 1.82. The van der Waals surface area contributed by atoms with Gasteiger partial charge >= 0.3 is 0 Å². The molecule has 1 spiro atoms. The Morgan fingerprint density at radius 3 is 2.95 bits per heavy atom. The Labute approximate surface area is 120 Å². The van der Waals surface area contributed by atoms with Crippen LogP contribution in [0.5, 0.6) is 0 Å². The number of aromatic nitrogens is 1. The second-order valence-corrected chi connectivity index (χ2v) is 5.63. The molecule has 1 aromatic rings. The summed E-state index contributed by atoms with van der Waals surface area (Å²) in [6.45, 7) is 2.41. The van der Waals surface area contributed by atoms with Crippen molar-refractivity contribution in [3.05, 3.63) is 28.5 Å². The maximum atomic E-state index is 12.5. The summed E-state index contributed by atoms with van der Waals surface area (Å²) in [5.41, 5.74) is 0.442. The fourth-order valence-electron chi connectivity index (χ4n) is 2.59. The summed E-state index contributed by atoms with van der Waals surface area (Å²) in [4.78, 5) is 18.4. The van der Waals surface area contributed by atoms with Crippen LogP contribution >= 0.6 is 15.9 Å². The van der Waals surface area contributed by atoms with Crippen LogP contribution in [0, 0.1) is 0 Å². The van der Waals surface area contributed by atoms with Crippen LogP contribution in [-0.4, -0.2) is 47.9 Å². The Balaban J connectivity index is 1.78. The molecule has 1 aromatic heterocycles. The van der Waals surface area contributed by atoms with Gasteiger partial charge in [-0.2, -0.15) is 0 Å². The molecule has 0 saturated carbocycles. The molecule has 102 valence electrons. The van der Waals surface area contributed by atoms with E-state index < -0.39 is 5.79 Å². The van der Waals surface area contributed by atoms with Gasteiger partial charge in [0.25, 0.3) is 5.91 Å². The molecule has 2 fully saturated rings. The fourth-order valence-corrected chi connectivity index (χ4v) is 3.01. The standard InChI is InChI=1S/C13H15BrN2O3/c14-10-3-1-5-15-11(10)12(17)16-6-2-4-13(9-16)18-7-8-19-13/h1,3,5H,2,4,6-9H2. The molecule has 0 N–H and O–H groups in total. The highest BCUT2D eigenvalue weighted by Crippen LogP contribution is 2.31. The number of piperidine rings is 1. The van der Waals surface area contributed by atoms with E-state index in [1.807, 2.05) is 6.07 Å². The highest BCUT2D eigenvalue weighted by atomic mass is 79.9. The summed E-state index contributed by atoms with van der Waals surface area (Å²) in [5.74, 6) is -0.666. The number of amides is 1. The number of halogens is 1. The van der Waals surface area contributed by atoms with Crippen LogP contribution in [0.25, 0.3) is 0 Å². The van der Waals surface area contributed by atoms with Crippen molar-refractivity contribution in [2.24, 2.45) is 0 Å². The van der Waals surface area contributed by atoms with Gasteiger partial charge in [0.15, 0.2) is 5.79 Å². The molecule has 0 aromatic carbocycles. The van der Waals surface area contributed by atoms with Crippen LogP contribution in [0.1, 0.15) is 23.3 Å². The number of hydrogen-bond acceptors (Lipinski definition) is 4. The number of carbonyl (C=O) groups is 1. The van der Waals surface area contributed by atoms with Gasteiger partial charge in [-0.15, -0.1) is 0 Å². The lowest BCUT2D eigenvalue weighted by Crippen LogP contribution is -2.51. The molecule has 0 unspecified atom stereocenters. The molecule has 0 radical (unpaired) electrons. The van der Waals surface area contributed by atoms with E-state index in [-0.39, 0.29) is 5.91 Å². The minimum atomic E-state index is -0.588. The van der Waals surface area contributed by atoms with Crippen LogP contribution in [0.4, 0.5) is 0 Å². The first-order chi connectivity index (χ1) is 9.20. The van der Waals surface area contributed by atoms with E-state index in [1.165, 1.54) is 0 Å². The van der Waals surface area contributed by atoms with Gasteiger partial charge in [0.2, 0.25) is 0 Å². The highest BCUT2D eigenvalue weighted by molar-refractivity contribution is 9.10. The normalized spacial score (nSPS) is 21.8. The average Bonchev–Trinajstić information content (AvgIpc) is 2.86. The number of nitrogens with zero attached hydrogens (tertiary/aromatic N) is 2. The molecule has 2 aliphatic rings. The monoisotopic (exact) mass is 326 g/mol. The van der Waals surface area contributed by atoms with Crippen molar-refractivity contribution in [1.82, 2.24) is 9.88 Å². The van der Waals surface area contributed by atoms with Crippen molar-refractivity contribution < 1.29 is 14.3 Å². The van der Waals surface area contributed by atoms with Crippen LogP contribution in [0.3, 0.4) is 0 Å². The summed E-state index contributed by atoms with van der Waals surface area (Å²) in [7, 11) is 0. The number of hydrogen-bond donors (Lipinski definition) is 0. The Morgan fingerprint density at radius 1 is 1.42 bits per heavy atom. The van der Waals surface area contributed by atoms with E-state index >= 15 is 0 Å². The van der Waals surface area contributed by atoms with E-state index in [9.17, 15) is 4.79 Å². The first kappa shape index (κ1) is 13.0. The van der Waals surface area contributed by atoms with Gasteiger partial charge in [-0.05, 0) is 34.5 Å². The SMILES string of the molecule is O=C(c1ncccc1Br)N1CCCC2(C1)OCCO2. The van der Waals surface area contributed by atoms with E-state index in [2.05, 4.69) is 20.9 Å². The zero-order valence-corrected chi connectivity index (χ0v) is 12.1. The number of rotatable bonds is 1. The average molecular weight is 327 g/mol. The Bertz CT molecular complexity index is 489. The van der Waals surface area contributed by atoms with E-state index in [1.54, 1.807) is 17.2 Å². The lowest BCUT2D eigenvalue weighted by Gasteiger charge is -2.38. The predicted molar refractivity (Wildman–Crippen MR) is 71.7 cm³/mol. The molecule has 3 heterocycles. The summed E-state index contributed by atoms with van der Waals surface area (Å²) < 4.78 is 12.1. The number of pyridine rings is 1. The Hall–Kier alpha value is -0.980. The summed E-state index contributed by atoms with van der Waals surface area (Å²) >= 11 is 3.37. The first-order valence-corrected chi connectivity index (χ1v) is 7.17. The number of carbonyl (C=O) groups excluding carboxylic acids is 1. The molecule has 5 nitrogen and oxygen atoms in total. The molecule has 3 rings (SSSR count). The van der Waals surface area contributed by atoms with Crippen LogP contribution in [0.2, 0.25) is 0 Å². The van der Waals surface area contributed by atoms with Crippen molar-refractivity contribution in [3.8, 4) is 0 Å². The van der Waals surface area contributed by atoms with Gasteiger partial charge in [0.1, 0.15) is 5.69 Å². The van der Waals surface area contributed by atoms with Crippen LogP contribution in [-0.2, 0) is 9.47 Å². The third-order valence-electron chi connectivity index (χ3n) is 3.48. The zero-order chi connectivity index (χ0) is 13.3. The van der Waals surface area contributed by atoms with Crippen molar-refractivity contribution in [3.63, 3.8) is 0 Å². The van der Waals surface area contributed by atoms with E-state index in [0.29, 0.717) is 29.9 Å². The molecular weight excluding hydrogens is 312 g/mol. The molecule has 6 heteroatoms. The molecular formula is C13H15BrN2O3. The van der Waals surface area contributed by atoms with Crippen molar-refractivity contribution >= 4 is 21.8 Å². The lowest BCUT2D eigenvalue weighted by molar-refractivity contribution is -0.183. The van der Waals surface area contributed by atoms with E-state index in [0.717, 1.165) is 19.4 Å². The Kier molecular flexibility index (Phi) is 3.56. The molecule has 0 aliphatic carbocycles. The van der Waals surface area contributed by atoms with Gasteiger partial charge in [0.05, 0.1) is 19.8 Å². The minimum Gasteiger partial charge on any atom is -0.346 e. The van der Waals surface area contributed by atoms with Gasteiger partial charge < -0.3 is 14.4 Å². The van der Waals surface area contributed by atoms with Crippen molar-refractivity contribution in [1.29, 1.82) is 0 Å². The lowest BCUT2D eigenvalue weighted by atomic mass is 10.0. The minimum absolute atomic E-state index is 0.0781. The summed E-state index contributed by atoms with van der Waals surface area (Å²) in [6.07, 6.45) is 3.36. The van der Waals surface area contributed by atoms with Crippen molar-refractivity contribution in [2.45, 2.75) is 18.6 Å². The smallest absolute Gasteiger partial charge is 0.273 e. The fraction of sp³-hybridized carbons (Fsp3) is 0.538. The van der Waals surface area contributed by atoms with E-state index in [4.69, 9.17) is 9.47 Å². The molecule has 0 bridgehead atoms. The maximum Gasteiger partial charge on any atom is 0.273 e. The van der Waals surface area contributed by atoms with Crippen LogP contribution < -0.4 is 0 Å². The number of ether oxygens (including phenoxy) is 2. The molecule has 2 aliphatic heterocycles. The number of likely N-dealkylation sites (tertiary alicyclic amines) is 1. The molecule has 2 saturated heterocycles. The van der Waals surface area contributed by atoms with Gasteiger partial charge in [-0.25, -0.2) is 4.98 Å². The molecule has 0 atom stereocenters. The maximum absolute atomic E-state index is 12.5. The topological polar surface area (TPSA) is 51.7 Å².